The van der Waals surface area contributed by atoms with Crippen molar-refractivity contribution in [3.8, 4) is 0 Å². The lowest BCUT2D eigenvalue weighted by atomic mass is 10.1. The van der Waals surface area contributed by atoms with Gasteiger partial charge in [0.05, 0.1) is 18.8 Å². The Morgan fingerprint density at radius 2 is 2.28 bits per heavy atom. The maximum absolute atomic E-state index is 12.6. The topological polar surface area (TPSA) is 141 Å². The van der Waals surface area contributed by atoms with Gasteiger partial charge in [-0.25, -0.2) is 9.36 Å². The summed E-state index contributed by atoms with van der Waals surface area (Å²) in [5.41, 5.74) is 7.82. The van der Waals surface area contributed by atoms with E-state index in [0.717, 1.165) is 4.57 Å². The van der Waals surface area contributed by atoms with Gasteiger partial charge in [-0.1, -0.05) is 5.11 Å². The maximum atomic E-state index is 12.6. The molecule has 1 aliphatic rings. The Labute approximate surface area is 143 Å². The van der Waals surface area contributed by atoms with Gasteiger partial charge < -0.3 is 19.3 Å². The highest BCUT2D eigenvalue weighted by Gasteiger charge is 2.36. The second-order valence-corrected chi connectivity index (χ2v) is 5.65. The molecule has 11 nitrogen and oxygen atoms in total. The Kier molecular flexibility index (Phi) is 6.34. The molecule has 2 unspecified atom stereocenters. The van der Waals surface area contributed by atoms with Crippen LogP contribution in [-0.4, -0.2) is 46.4 Å². The fourth-order valence-electron chi connectivity index (χ4n) is 2.56. The molecule has 1 fully saturated rings. The van der Waals surface area contributed by atoms with Crippen LogP contribution in [0.15, 0.2) is 20.9 Å². The van der Waals surface area contributed by atoms with E-state index in [-0.39, 0.29) is 19.8 Å². The molecule has 0 saturated carbocycles. The maximum Gasteiger partial charge on any atom is 0.335 e. The van der Waals surface area contributed by atoms with E-state index in [0.29, 0.717) is 5.56 Å². The highest BCUT2D eigenvalue weighted by atomic mass is 16.7. The summed E-state index contributed by atoms with van der Waals surface area (Å²) in [6.45, 7) is 2.58. The van der Waals surface area contributed by atoms with E-state index >= 15 is 0 Å². The summed E-state index contributed by atoms with van der Waals surface area (Å²) in [5, 5.41) is 12.9. The van der Waals surface area contributed by atoms with Gasteiger partial charge in [-0.05, 0) is 19.4 Å². The third-order valence-electron chi connectivity index (χ3n) is 4.03. The molecule has 0 amide bonds. The summed E-state index contributed by atoms with van der Waals surface area (Å²) in [6.07, 6.45) is -0.458. The number of methoxy groups -OCH3 is 1. The third kappa shape index (κ3) is 4.09. The summed E-state index contributed by atoms with van der Waals surface area (Å²) >= 11 is 0. The monoisotopic (exact) mass is 355 g/mol. The predicted octanol–water partition coefficient (Wildman–Crippen LogP) is 0.244. The van der Waals surface area contributed by atoms with Gasteiger partial charge in [-0.2, -0.15) is 0 Å². The molecule has 0 aromatic carbocycles. The molecule has 25 heavy (non-hydrogen) atoms. The first-order valence-electron chi connectivity index (χ1n) is 7.70. The molecule has 1 aliphatic heterocycles. The van der Waals surface area contributed by atoms with Crippen LogP contribution in [-0.2, 0) is 20.9 Å². The number of aryl methyl sites for hydroxylation is 1. The summed E-state index contributed by atoms with van der Waals surface area (Å²) in [5.74, 6) is 0. The lowest BCUT2D eigenvalue weighted by Gasteiger charge is -2.18. The van der Waals surface area contributed by atoms with Crippen LogP contribution in [0.5, 0.6) is 0 Å². The number of aliphatic hydroxyl groups excluding tert-OH is 1. The smallest absolute Gasteiger partial charge is 0.335 e. The minimum atomic E-state index is -0.759. The first kappa shape index (κ1) is 19.2. The normalized spacial score (nSPS) is 24.1. The fraction of sp³-hybridized carbons (Fsp3) is 0.714. The van der Waals surface area contributed by atoms with Gasteiger partial charge in [-0.3, -0.25) is 9.36 Å². The van der Waals surface area contributed by atoms with Crippen LogP contribution in [0.25, 0.3) is 10.4 Å². The largest absolute Gasteiger partial charge is 0.394 e. The molecule has 4 atom stereocenters. The highest BCUT2D eigenvalue weighted by molar-refractivity contribution is 5.04. The van der Waals surface area contributed by atoms with E-state index in [2.05, 4.69) is 10.0 Å². The van der Waals surface area contributed by atoms with Crippen molar-refractivity contribution in [2.75, 3.05) is 13.7 Å². The van der Waals surface area contributed by atoms with Crippen LogP contribution in [0.1, 0.15) is 25.1 Å². The van der Waals surface area contributed by atoms with Gasteiger partial charge in [0.15, 0.2) is 6.29 Å². The second kappa shape index (κ2) is 8.28. The zero-order chi connectivity index (χ0) is 18.6. The first-order chi connectivity index (χ1) is 11.9. The molecule has 11 heteroatoms. The zero-order valence-corrected chi connectivity index (χ0v) is 14.2. The minimum absolute atomic E-state index is 0.210. The van der Waals surface area contributed by atoms with E-state index < -0.39 is 35.9 Å². The molecule has 0 spiro atoms. The molecule has 1 N–H and O–H groups in total. The Bertz CT molecular complexity index is 768. The molecular formula is C14H21N5O6. The summed E-state index contributed by atoms with van der Waals surface area (Å²) in [4.78, 5) is 27.6. The molecule has 0 aliphatic carbocycles. The molecule has 1 aromatic heterocycles. The Morgan fingerprint density at radius 1 is 1.56 bits per heavy atom. The summed E-state index contributed by atoms with van der Waals surface area (Å²) in [7, 11) is 1.44. The first-order valence-corrected chi connectivity index (χ1v) is 7.70. The third-order valence-corrected chi connectivity index (χ3v) is 4.03. The van der Waals surface area contributed by atoms with Crippen LogP contribution in [0, 0.1) is 6.92 Å². The minimum Gasteiger partial charge on any atom is -0.394 e. The second-order valence-electron chi connectivity index (χ2n) is 5.65. The van der Waals surface area contributed by atoms with Crippen LogP contribution in [0.3, 0.4) is 0 Å². The number of hydrogen-bond donors (Lipinski definition) is 1. The Morgan fingerprint density at radius 3 is 2.88 bits per heavy atom. The lowest BCUT2D eigenvalue weighted by Crippen LogP contribution is -2.43. The van der Waals surface area contributed by atoms with Crippen molar-refractivity contribution in [3.05, 3.63) is 43.0 Å². The van der Waals surface area contributed by atoms with E-state index in [1.165, 1.54) is 17.9 Å². The average Bonchev–Trinajstić information content (AvgIpc) is 3.00. The fourth-order valence-corrected chi connectivity index (χ4v) is 2.56. The Hall–Kier alpha value is -2.17. The Balaban J connectivity index is 2.36. The van der Waals surface area contributed by atoms with Crippen molar-refractivity contribution in [1.29, 1.82) is 0 Å². The lowest BCUT2D eigenvalue weighted by molar-refractivity contribution is -0.136. The number of aromatic nitrogens is 2. The molecule has 1 aromatic rings. The van der Waals surface area contributed by atoms with Crippen LogP contribution in [0.2, 0.25) is 0 Å². The number of aliphatic hydroxyl groups is 1. The number of ether oxygens (including phenoxy) is 3. The van der Waals surface area contributed by atoms with Crippen molar-refractivity contribution in [2.45, 2.75) is 51.7 Å². The van der Waals surface area contributed by atoms with Crippen LogP contribution >= 0.6 is 0 Å². The molecule has 2 heterocycles. The van der Waals surface area contributed by atoms with E-state index in [1.54, 1.807) is 13.8 Å². The van der Waals surface area contributed by atoms with Crippen molar-refractivity contribution >= 4 is 0 Å². The number of rotatable bonds is 7. The van der Waals surface area contributed by atoms with Crippen molar-refractivity contribution in [1.82, 2.24) is 9.13 Å². The zero-order valence-electron chi connectivity index (χ0n) is 14.2. The molecule has 1 saturated heterocycles. The predicted molar refractivity (Wildman–Crippen MR) is 85.8 cm³/mol. The van der Waals surface area contributed by atoms with Crippen LogP contribution in [0.4, 0.5) is 0 Å². The van der Waals surface area contributed by atoms with Gasteiger partial charge in [-0.15, -0.1) is 0 Å². The highest BCUT2D eigenvalue weighted by Crippen LogP contribution is 2.29. The molecule has 2 rings (SSSR count). The number of nitrogens with zero attached hydrogens (tertiary/aromatic N) is 5. The molecular weight excluding hydrogens is 334 g/mol. The quantitative estimate of drug-likeness (QED) is 0.321. The molecule has 0 radical (unpaired) electrons. The number of azide groups is 1. The van der Waals surface area contributed by atoms with Gasteiger partial charge in [0, 0.05) is 30.2 Å². The van der Waals surface area contributed by atoms with Gasteiger partial charge in [0.2, 0.25) is 0 Å². The van der Waals surface area contributed by atoms with Gasteiger partial charge in [0.25, 0.3) is 5.56 Å². The van der Waals surface area contributed by atoms with E-state index in [4.69, 9.17) is 19.7 Å². The van der Waals surface area contributed by atoms with Crippen LogP contribution < -0.4 is 11.2 Å². The van der Waals surface area contributed by atoms with Crippen molar-refractivity contribution < 1.29 is 19.3 Å². The standard InChI is InChI=1S/C14H21N5O6/c1-8-5-18(12-4-10(16-17-15)11(6-20)25-12)14(22)19(13(8)21)7-24-9(2)23-3/h5,9-12,20H,4,6-7H2,1-3H3/t9?,10?,11-,12-/m1/s1. The van der Waals surface area contributed by atoms with Crippen molar-refractivity contribution in [3.63, 3.8) is 0 Å². The molecule has 0 bridgehead atoms. The van der Waals surface area contributed by atoms with E-state index in [1.807, 2.05) is 0 Å². The number of hydrogen-bond acceptors (Lipinski definition) is 7. The average molecular weight is 355 g/mol. The van der Waals surface area contributed by atoms with Crippen molar-refractivity contribution in [2.24, 2.45) is 5.11 Å². The van der Waals surface area contributed by atoms with Gasteiger partial charge >= 0.3 is 5.69 Å². The van der Waals surface area contributed by atoms with E-state index in [9.17, 15) is 14.7 Å². The van der Waals surface area contributed by atoms with Gasteiger partial charge in [0.1, 0.15) is 13.0 Å². The SMILES string of the molecule is COC(C)OCn1c(=O)c(C)cn([C@H]2CC(N=[N+]=[N-])[C@@H](CO)O2)c1=O. The molecule has 138 valence electrons. The summed E-state index contributed by atoms with van der Waals surface area (Å²) in [6, 6.07) is -0.600. The summed E-state index contributed by atoms with van der Waals surface area (Å²) < 4.78 is 18.0.